The van der Waals surface area contributed by atoms with Gasteiger partial charge in [0.1, 0.15) is 0 Å². The molecule has 20 heavy (non-hydrogen) atoms. The highest BCUT2D eigenvalue weighted by Crippen LogP contribution is 2.30. The van der Waals surface area contributed by atoms with Crippen molar-refractivity contribution in [3.05, 3.63) is 68.7 Å². The molecular weight excluding hydrogens is 334 g/mol. The van der Waals surface area contributed by atoms with Crippen LogP contribution in [0, 0.1) is 6.92 Å². The summed E-state index contributed by atoms with van der Waals surface area (Å²) in [4.78, 5) is 0. The minimum Gasteiger partial charge on any atom is -0.306 e. The monoisotopic (exact) mass is 351 g/mol. The standard InChI is InChI=1S/C17H19BrClN/c1-3-9-20-17(13-5-4-6-14(19)11-13)15-8-7-12(2)10-16(15)18/h4-8,10-11,17,20H,3,9H2,1-2H3. The first kappa shape index (κ1) is 15.6. The van der Waals surface area contributed by atoms with Crippen molar-refractivity contribution >= 4 is 27.5 Å². The molecule has 2 rings (SSSR count). The third kappa shape index (κ3) is 3.85. The summed E-state index contributed by atoms with van der Waals surface area (Å²) in [7, 11) is 0. The molecule has 2 aromatic rings. The van der Waals surface area contributed by atoms with E-state index in [-0.39, 0.29) is 6.04 Å². The minimum atomic E-state index is 0.156. The van der Waals surface area contributed by atoms with Crippen LogP contribution >= 0.6 is 27.5 Å². The predicted octanol–water partition coefficient (Wildman–Crippen LogP) is 5.50. The van der Waals surface area contributed by atoms with Gasteiger partial charge in [0.2, 0.25) is 0 Å². The lowest BCUT2D eigenvalue weighted by Gasteiger charge is -2.21. The Balaban J connectivity index is 2.41. The lowest BCUT2D eigenvalue weighted by Crippen LogP contribution is -2.23. The van der Waals surface area contributed by atoms with E-state index < -0.39 is 0 Å². The molecule has 0 heterocycles. The molecule has 1 nitrogen and oxygen atoms in total. The van der Waals surface area contributed by atoms with Crippen molar-refractivity contribution < 1.29 is 0 Å². The number of hydrogen-bond acceptors (Lipinski definition) is 1. The predicted molar refractivity (Wildman–Crippen MR) is 90.5 cm³/mol. The zero-order chi connectivity index (χ0) is 14.5. The second kappa shape index (κ2) is 7.26. The Hall–Kier alpha value is -0.830. The molecule has 0 aromatic heterocycles. The lowest BCUT2D eigenvalue weighted by molar-refractivity contribution is 0.597. The Morgan fingerprint density at radius 3 is 2.65 bits per heavy atom. The molecule has 1 atom stereocenters. The van der Waals surface area contributed by atoms with E-state index in [1.54, 1.807) is 0 Å². The molecule has 0 aliphatic rings. The van der Waals surface area contributed by atoms with Gasteiger partial charge in [0.15, 0.2) is 0 Å². The summed E-state index contributed by atoms with van der Waals surface area (Å²) in [5.74, 6) is 0. The molecule has 2 aromatic carbocycles. The normalized spacial score (nSPS) is 12.4. The van der Waals surface area contributed by atoms with Crippen molar-refractivity contribution in [1.29, 1.82) is 0 Å². The maximum atomic E-state index is 6.14. The van der Waals surface area contributed by atoms with Crippen molar-refractivity contribution in [1.82, 2.24) is 5.32 Å². The fourth-order valence-corrected chi connectivity index (χ4v) is 3.17. The van der Waals surface area contributed by atoms with Gasteiger partial charge in [-0.2, -0.15) is 0 Å². The van der Waals surface area contributed by atoms with Gasteiger partial charge in [-0.1, -0.05) is 58.7 Å². The van der Waals surface area contributed by atoms with Gasteiger partial charge in [-0.25, -0.2) is 0 Å². The average Bonchev–Trinajstić information content (AvgIpc) is 2.41. The van der Waals surface area contributed by atoms with Gasteiger partial charge in [0.05, 0.1) is 6.04 Å². The van der Waals surface area contributed by atoms with Crippen LogP contribution < -0.4 is 5.32 Å². The third-order valence-electron chi connectivity index (χ3n) is 3.25. The molecule has 0 spiro atoms. The molecule has 1 N–H and O–H groups in total. The Bertz CT molecular complexity index is 583. The summed E-state index contributed by atoms with van der Waals surface area (Å²) in [5.41, 5.74) is 3.68. The summed E-state index contributed by atoms with van der Waals surface area (Å²) in [6.45, 7) is 5.24. The van der Waals surface area contributed by atoms with E-state index in [9.17, 15) is 0 Å². The number of rotatable bonds is 5. The van der Waals surface area contributed by atoms with Gasteiger partial charge >= 0.3 is 0 Å². The van der Waals surface area contributed by atoms with Gasteiger partial charge in [-0.3, -0.25) is 0 Å². The Morgan fingerprint density at radius 2 is 2.00 bits per heavy atom. The van der Waals surface area contributed by atoms with Crippen LogP contribution in [-0.2, 0) is 0 Å². The van der Waals surface area contributed by atoms with Gasteiger partial charge in [0.25, 0.3) is 0 Å². The number of hydrogen-bond donors (Lipinski definition) is 1. The molecule has 106 valence electrons. The van der Waals surface area contributed by atoms with Crippen LogP contribution in [0.25, 0.3) is 0 Å². The summed E-state index contributed by atoms with van der Waals surface area (Å²) in [6, 6.07) is 14.7. The summed E-state index contributed by atoms with van der Waals surface area (Å²) >= 11 is 9.82. The van der Waals surface area contributed by atoms with Crippen LogP contribution in [0.1, 0.15) is 36.1 Å². The smallest absolute Gasteiger partial charge is 0.0588 e. The molecular formula is C17H19BrClN. The molecule has 0 aliphatic heterocycles. The maximum absolute atomic E-state index is 6.14. The van der Waals surface area contributed by atoms with Crippen LogP contribution in [0.2, 0.25) is 5.02 Å². The van der Waals surface area contributed by atoms with Crippen LogP contribution in [0.3, 0.4) is 0 Å². The molecule has 0 amide bonds. The molecule has 0 saturated carbocycles. The van der Waals surface area contributed by atoms with E-state index >= 15 is 0 Å². The number of aryl methyl sites for hydroxylation is 1. The highest BCUT2D eigenvalue weighted by atomic mass is 79.9. The van der Waals surface area contributed by atoms with Gasteiger partial charge in [-0.05, 0) is 54.8 Å². The number of nitrogens with one attached hydrogen (secondary N) is 1. The molecule has 0 aliphatic carbocycles. The van der Waals surface area contributed by atoms with E-state index in [1.807, 2.05) is 18.2 Å². The van der Waals surface area contributed by atoms with Crippen LogP contribution in [0.4, 0.5) is 0 Å². The van der Waals surface area contributed by atoms with Crippen LogP contribution in [-0.4, -0.2) is 6.54 Å². The highest BCUT2D eigenvalue weighted by Gasteiger charge is 2.16. The van der Waals surface area contributed by atoms with Gasteiger partial charge in [-0.15, -0.1) is 0 Å². The fourth-order valence-electron chi connectivity index (χ4n) is 2.25. The maximum Gasteiger partial charge on any atom is 0.0588 e. The second-order valence-corrected chi connectivity index (χ2v) is 6.26. The van der Waals surface area contributed by atoms with Crippen molar-refractivity contribution in [3.63, 3.8) is 0 Å². The van der Waals surface area contributed by atoms with E-state index in [4.69, 9.17) is 11.6 Å². The molecule has 0 radical (unpaired) electrons. The van der Waals surface area contributed by atoms with E-state index in [2.05, 4.69) is 59.4 Å². The van der Waals surface area contributed by atoms with Crippen molar-refractivity contribution in [2.24, 2.45) is 0 Å². The summed E-state index contributed by atoms with van der Waals surface area (Å²) in [5, 5.41) is 4.37. The minimum absolute atomic E-state index is 0.156. The molecule has 0 saturated heterocycles. The molecule has 0 fully saturated rings. The van der Waals surface area contributed by atoms with E-state index in [0.717, 1.165) is 22.5 Å². The first-order valence-corrected chi connectivity index (χ1v) is 8.04. The third-order valence-corrected chi connectivity index (χ3v) is 4.17. The first-order valence-electron chi connectivity index (χ1n) is 6.86. The number of halogens is 2. The van der Waals surface area contributed by atoms with E-state index in [1.165, 1.54) is 16.7 Å². The first-order chi connectivity index (χ1) is 9.61. The lowest BCUT2D eigenvalue weighted by atomic mass is 9.97. The number of benzene rings is 2. The largest absolute Gasteiger partial charge is 0.306 e. The topological polar surface area (TPSA) is 12.0 Å². The quantitative estimate of drug-likeness (QED) is 0.749. The average molecular weight is 353 g/mol. The zero-order valence-corrected chi connectivity index (χ0v) is 14.1. The van der Waals surface area contributed by atoms with Crippen molar-refractivity contribution in [2.45, 2.75) is 26.3 Å². The Kier molecular flexibility index (Phi) is 5.64. The second-order valence-electron chi connectivity index (χ2n) is 4.97. The Morgan fingerprint density at radius 1 is 1.20 bits per heavy atom. The Labute approximate surface area is 134 Å². The van der Waals surface area contributed by atoms with Crippen LogP contribution in [0.5, 0.6) is 0 Å². The molecule has 1 unspecified atom stereocenters. The van der Waals surface area contributed by atoms with Crippen LogP contribution in [0.15, 0.2) is 46.9 Å². The summed E-state index contributed by atoms with van der Waals surface area (Å²) in [6.07, 6.45) is 1.10. The SMILES string of the molecule is CCCNC(c1cccc(Cl)c1)c1ccc(C)cc1Br. The molecule has 3 heteroatoms. The van der Waals surface area contributed by atoms with Gasteiger partial charge < -0.3 is 5.32 Å². The van der Waals surface area contributed by atoms with Crippen molar-refractivity contribution in [2.75, 3.05) is 6.54 Å². The van der Waals surface area contributed by atoms with Crippen molar-refractivity contribution in [3.8, 4) is 0 Å². The van der Waals surface area contributed by atoms with E-state index in [0.29, 0.717) is 0 Å². The zero-order valence-electron chi connectivity index (χ0n) is 11.8. The van der Waals surface area contributed by atoms with Gasteiger partial charge in [0, 0.05) is 9.50 Å². The molecule has 0 bridgehead atoms. The summed E-state index contributed by atoms with van der Waals surface area (Å²) < 4.78 is 1.13. The fraction of sp³-hybridized carbons (Fsp3) is 0.294. The highest BCUT2D eigenvalue weighted by molar-refractivity contribution is 9.10.